The Kier molecular flexibility index (Phi) is 3.70. The molecule has 0 unspecified atom stereocenters. The summed E-state index contributed by atoms with van der Waals surface area (Å²) in [6, 6.07) is 12.0. The SMILES string of the molecule is Nc1nccc2c(NCC34CC(COc5ccc6nccn6c5)(CO3)C4)cccc12. The summed E-state index contributed by atoms with van der Waals surface area (Å²) in [6.07, 6.45) is 9.46. The van der Waals surface area contributed by atoms with Gasteiger partial charge < -0.3 is 24.9 Å². The molecule has 3 aromatic heterocycles. The van der Waals surface area contributed by atoms with Gasteiger partial charge in [0.05, 0.1) is 25.0 Å². The predicted octanol–water partition coefficient (Wildman–Crippen LogP) is 3.50. The molecule has 7 heteroatoms. The lowest BCUT2D eigenvalue weighted by molar-refractivity contribution is -0.0134. The lowest BCUT2D eigenvalue weighted by atomic mass is 9.63. The molecule has 4 aromatic rings. The molecular weight excluding hydrogens is 378 g/mol. The minimum atomic E-state index is -0.113. The van der Waals surface area contributed by atoms with Gasteiger partial charge in [-0.3, -0.25) is 0 Å². The molecule has 0 amide bonds. The van der Waals surface area contributed by atoms with Crippen molar-refractivity contribution in [1.29, 1.82) is 0 Å². The minimum absolute atomic E-state index is 0.110. The number of rotatable bonds is 6. The Morgan fingerprint density at radius 2 is 2.03 bits per heavy atom. The van der Waals surface area contributed by atoms with Gasteiger partial charge in [-0.2, -0.15) is 0 Å². The molecule has 5 heterocycles. The Balaban J connectivity index is 1.11. The van der Waals surface area contributed by atoms with Gasteiger partial charge in [0.25, 0.3) is 0 Å². The van der Waals surface area contributed by atoms with Crippen LogP contribution < -0.4 is 15.8 Å². The molecule has 3 N–H and O–H groups in total. The fourth-order valence-electron chi connectivity index (χ4n) is 5.01. The normalized spacial score (nSPS) is 24.8. The van der Waals surface area contributed by atoms with Crippen molar-refractivity contribution < 1.29 is 9.47 Å². The van der Waals surface area contributed by atoms with E-state index in [1.165, 1.54) is 0 Å². The number of pyridine rings is 2. The summed E-state index contributed by atoms with van der Waals surface area (Å²) < 4.78 is 14.3. The molecule has 2 bridgehead atoms. The number of imidazole rings is 1. The first-order valence-electron chi connectivity index (χ1n) is 10.2. The molecule has 3 fully saturated rings. The molecule has 0 atom stereocenters. The van der Waals surface area contributed by atoms with Gasteiger partial charge in [-0.05, 0) is 37.1 Å². The predicted molar refractivity (Wildman–Crippen MR) is 116 cm³/mol. The van der Waals surface area contributed by atoms with Crippen LogP contribution in [-0.4, -0.2) is 39.7 Å². The Bertz CT molecular complexity index is 1240. The number of hydrogen-bond donors (Lipinski definition) is 2. The minimum Gasteiger partial charge on any atom is -0.491 e. The van der Waals surface area contributed by atoms with Crippen molar-refractivity contribution in [2.45, 2.75) is 18.4 Å². The Morgan fingerprint density at radius 1 is 1.10 bits per heavy atom. The van der Waals surface area contributed by atoms with Crippen molar-refractivity contribution in [3.63, 3.8) is 0 Å². The summed E-state index contributed by atoms with van der Waals surface area (Å²) in [4.78, 5) is 8.45. The van der Waals surface area contributed by atoms with Crippen molar-refractivity contribution in [1.82, 2.24) is 14.4 Å². The highest BCUT2D eigenvalue weighted by Gasteiger charge is 2.62. The highest BCUT2D eigenvalue weighted by atomic mass is 16.5. The number of nitrogen functional groups attached to an aromatic ring is 1. The number of hydrogen-bond acceptors (Lipinski definition) is 6. The monoisotopic (exact) mass is 401 g/mol. The molecule has 7 nitrogen and oxygen atoms in total. The quantitative estimate of drug-likeness (QED) is 0.514. The van der Waals surface area contributed by atoms with Crippen LogP contribution in [0.2, 0.25) is 0 Å². The second-order valence-corrected chi connectivity index (χ2v) is 8.62. The van der Waals surface area contributed by atoms with Crippen LogP contribution in [0.15, 0.2) is 61.2 Å². The number of fused-ring (bicyclic) bond motifs is 3. The number of ether oxygens (including phenoxy) is 2. The number of nitrogens with one attached hydrogen (secondary N) is 1. The third-order valence-corrected chi connectivity index (χ3v) is 6.42. The maximum Gasteiger partial charge on any atom is 0.136 e. The van der Waals surface area contributed by atoms with E-state index in [4.69, 9.17) is 15.2 Å². The Morgan fingerprint density at radius 3 is 2.97 bits per heavy atom. The number of nitrogens with two attached hydrogens (primary N) is 1. The van der Waals surface area contributed by atoms with Crippen LogP contribution >= 0.6 is 0 Å². The molecule has 0 radical (unpaired) electrons. The van der Waals surface area contributed by atoms with Crippen LogP contribution in [-0.2, 0) is 4.74 Å². The molecule has 1 aromatic carbocycles. The summed E-state index contributed by atoms with van der Waals surface area (Å²) in [6.45, 7) is 2.19. The molecule has 7 rings (SSSR count). The van der Waals surface area contributed by atoms with Gasteiger partial charge >= 0.3 is 0 Å². The van der Waals surface area contributed by atoms with Gasteiger partial charge in [-0.25, -0.2) is 9.97 Å². The van der Waals surface area contributed by atoms with Crippen LogP contribution in [0.4, 0.5) is 11.5 Å². The van der Waals surface area contributed by atoms with E-state index in [0.717, 1.165) is 53.8 Å². The molecule has 1 aliphatic carbocycles. The van der Waals surface area contributed by atoms with E-state index >= 15 is 0 Å². The lowest BCUT2D eigenvalue weighted by Crippen LogP contribution is -2.51. The van der Waals surface area contributed by atoms with Gasteiger partial charge in [0.15, 0.2) is 0 Å². The molecule has 3 aliphatic rings. The maximum atomic E-state index is 6.23. The number of nitrogens with zero attached hydrogens (tertiary/aromatic N) is 3. The topological polar surface area (TPSA) is 86.7 Å². The van der Waals surface area contributed by atoms with E-state index < -0.39 is 0 Å². The smallest absolute Gasteiger partial charge is 0.136 e. The zero-order chi connectivity index (χ0) is 20.2. The zero-order valence-electron chi connectivity index (χ0n) is 16.5. The summed E-state index contributed by atoms with van der Waals surface area (Å²) in [5.74, 6) is 1.42. The lowest BCUT2D eigenvalue weighted by Gasteiger charge is -2.44. The molecule has 2 saturated heterocycles. The van der Waals surface area contributed by atoms with Crippen molar-refractivity contribution in [2.75, 3.05) is 30.8 Å². The van der Waals surface area contributed by atoms with Crippen molar-refractivity contribution in [3.05, 3.63) is 61.2 Å². The van der Waals surface area contributed by atoms with Crippen LogP contribution in [0.3, 0.4) is 0 Å². The molecule has 1 saturated carbocycles. The van der Waals surface area contributed by atoms with E-state index in [2.05, 4.69) is 21.4 Å². The van der Waals surface area contributed by atoms with E-state index in [1.54, 1.807) is 12.4 Å². The van der Waals surface area contributed by atoms with Crippen LogP contribution in [0.25, 0.3) is 16.4 Å². The van der Waals surface area contributed by atoms with Crippen molar-refractivity contribution >= 4 is 27.9 Å². The van der Waals surface area contributed by atoms with E-state index in [0.29, 0.717) is 12.4 Å². The van der Waals surface area contributed by atoms with Crippen molar-refractivity contribution in [2.24, 2.45) is 5.41 Å². The summed E-state index contributed by atoms with van der Waals surface area (Å²) >= 11 is 0. The summed E-state index contributed by atoms with van der Waals surface area (Å²) in [5.41, 5.74) is 8.00. The summed E-state index contributed by atoms with van der Waals surface area (Å²) in [7, 11) is 0. The fourth-order valence-corrected chi connectivity index (χ4v) is 5.01. The average Bonchev–Trinajstić information content (AvgIpc) is 3.44. The largest absolute Gasteiger partial charge is 0.491 e. The third kappa shape index (κ3) is 2.77. The highest BCUT2D eigenvalue weighted by molar-refractivity contribution is 5.99. The highest BCUT2D eigenvalue weighted by Crippen LogP contribution is 2.57. The van der Waals surface area contributed by atoms with Crippen LogP contribution in [0, 0.1) is 5.41 Å². The molecule has 2 aliphatic heterocycles. The zero-order valence-corrected chi connectivity index (χ0v) is 16.5. The number of anilines is 2. The standard InChI is InChI=1S/C23H23N5O2/c24-21-18-2-1-3-19(17(18)6-7-26-21)27-13-23-11-22(12-23,15-30-23)14-29-16-4-5-20-25-8-9-28(20)10-16/h1-10,27H,11-15H2,(H2,24,26). The Hall–Kier alpha value is -3.32. The molecule has 152 valence electrons. The van der Waals surface area contributed by atoms with Crippen LogP contribution in [0.1, 0.15) is 12.8 Å². The van der Waals surface area contributed by atoms with Gasteiger partial charge in [-0.15, -0.1) is 0 Å². The van der Waals surface area contributed by atoms with Crippen molar-refractivity contribution in [3.8, 4) is 5.75 Å². The van der Waals surface area contributed by atoms with E-state index in [-0.39, 0.29) is 11.0 Å². The maximum absolute atomic E-state index is 6.23. The van der Waals surface area contributed by atoms with E-state index in [9.17, 15) is 0 Å². The number of benzene rings is 1. The molecule has 0 spiro atoms. The van der Waals surface area contributed by atoms with Gasteiger partial charge in [-0.1, -0.05) is 12.1 Å². The van der Waals surface area contributed by atoms with Gasteiger partial charge in [0.2, 0.25) is 0 Å². The molecular formula is C23H23N5O2. The Labute approximate surface area is 173 Å². The third-order valence-electron chi connectivity index (χ3n) is 6.42. The summed E-state index contributed by atoms with van der Waals surface area (Å²) in [5, 5.41) is 5.64. The van der Waals surface area contributed by atoms with Gasteiger partial charge in [0, 0.05) is 47.0 Å². The first kappa shape index (κ1) is 17.5. The second kappa shape index (κ2) is 6.34. The first-order chi connectivity index (χ1) is 14.6. The fraction of sp³-hybridized carbons (Fsp3) is 0.304. The van der Waals surface area contributed by atoms with Crippen LogP contribution in [0.5, 0.6) is 5.75 Å². The van der Waals surface area contributed by atoms with E-state index in [1.807, 2.05) is 47.1 Å². The molecule has 30 heavy (non-hydrogen) atoms. The second-order valence-electron chi connectivity index (χ2n) is 8.62. The average molecular weight is 401 g/mol. The number of aromatic nitrogens is 3. The first-order valence-corrected chi connectivity index (χ1v) is 10.2. The van der Waals surface area contributed by atoms with Gasteiger partial charge in [0.1, 0.15) is 17.2 Å².